The van der Waals surface area contributed by atoms with Crippen LogP contribution in [-0.2, 0) is 6.54 Å². The Bertz CT molecular complexity index is 530. The molecule has 4 heteroatoms. The molecule has 102 valence electrons. The molecule has 0 amide bonds. The summed E-state index contributed by atoms with van der Waals surface area (Å²) < 4.78 is 0. The van der Waals surface area contributed by atoms with Crippen molar-refractivity contribution in [3.63, 3.8) is 0 Å². The Morgan fingerprint density at radius 3 is 3.16 bits per heavy atom. The van der Waals surface area contributed by atoms with E-state index in [9.17, 15) is 0 Å². The molecule has 2 aromatic heterocycles. The van der Waals surface area contributed by atoms with Gasteiger partial charge in [0.05, 0.1) is 0 Å². The fourth-order valence-electron chi connectivity index (χ4n) is 2.64. The first-order valence-electron chi connectivity index (χ1n) is 7.24. The van der Waals surface area contributed by atoms with Crippen LogP contribution in [0.15, 0.2) is 24.5 Å². The Morgan fingerprint density at radius 2 is 2.37 bits per heavy atom. The fraction of sp³-hybridized carbons (Fsp3) is 0.533. The number of nitrogens with zero attached hydrogens (tertiary/aromatic N) is 2. The Hall–Kier alpha value is -1.39. The van der Waals surface area contributed by atoms with Crippen LogP contribution in [0.1, 0.15) is 25.3 Å². The summed E-state index contributed by atoms with van der Waals surface area (Å²) in [4.78, 5) is 10.1. The van der Waals surface area contributed by atoms with Gasteiger partial charge in [0, 0.05) is 43.5 Å². The topological polar surface area (TPSA) is 44.0 Å². The number of hydrogen-bond donors (Lipinski definition) is 2. The van der Waals surface area contributed by atoms with E-state index in [1.165, 1.54) is 30.3 Å². The number of likely N-dealkylation sites (N-methyl/N-ethyl adjacent to an activating group) is 1. The lowest BCUT2D eigenvalue weighted by atomic mass is 10.2. The molecule has 2 aromatic rings. The molecule has 0 atom stereocenters. The number of aromatic amines is 1. The zero-order valence-corrected chi connectivity index (χ0v) is 11.5. The van der Waals surface area contributed by atoms with Crippen LogP contribution in [0.4, 0.5) is 0 Å². The molecule has 0 aromatic carbocycles. The zero-order valence-electron chi connectivity index (χ0n) is 11.5. The van der Waals surface area contributed by atoms with Crippen LogP contribution in [0.3, 0.4) is 0 Å². The summed E-state index contributed by atoms with van der Waals surface area (Å²) in [6.45, 7) is 6.54. The molecule has 1 aliphatic rings. The second-order valence-corrected chi connectivity index (χ2v) is 5.25. The summed E-state index contributed by atoms with van der Waals surface area (Å²) in [5, 5.41) is 4.76. The summed E-state index contributed by atoms with van der Waals surface area (Å²) in [5.74, 6) is 0. The lowest BCUT2D eigenvalue weighted by Crippen LogP contribution is -2.33. The van der Waals surface area contributed by atoms with Gasteiger partial charge in [-0.05, 0) is 37.1 Å². The predicted octanol–water partition coefficient (Wildman–Crippen LogP) is 2.14. The van der Waals surface area contributed by atoms with Gasteiger partial charge in [-0.15, -0.1) is 0 Å². The van der Waals surface area contributed by atoms with E-state index >= 15 is 0 Å². The molecule has 2 heterocycles. The monoisotopic (exact) mass is 258 g/mol. The van der Waals surface area contributed by atoms with Crippen molar-refractivity contribution < 1.29 is 0 Å². The van der Waals surface area contributed by atoms with Gasteiger partial charge in [-0.25, -0.2) is 4.98 Å². The van der Waals surface area contributed by atoms with E-state index in [-0.39, 0.29) is 0 Å². The molecule has 0 aliphatic heterocycles. The lowest BCUT2D eigenvalue weighted by Gasteiger charge is -2.19. The van der Waals surface area contributed by atoms with Crippen molar-refractivity contribution >= 4 is 11.0 Å². The summed E-state index contributed by atoms with van der Waals surface area (Å²) >= 11 is 0. The number of fused-ring (bicyclic) bond motifs is 1. The largest absolute Gasteiger partial charge is 0.346 e. The fourth-order valence-corrected chi connectivity index (χ4v) is 2.64. The van der Waals surface area contributed by atoms with E-state index in [4.69, 9.17) is 0 Å². The number of pyridine rings is 1. The van der Waals surface area contributed by atoms with Gasteiger partial charge in [0.25, 0.3) is 0 Å². The summed E-state index contributed by atoms with van der Waals surface area (Å²) in [6.07, 6.45) is 6.66. The Morgan fingerprint density at radius 1 is 1.47 bits per heavy atom. The van der Waals surface area contributed by atoms with Crippen molar-refractivity contribution in [3.8, 4) is 0 Å². The van der Waals surface area contributed by atoms with Gasteiger partial charge >= 0.3 is 0 Å². The highest BCUT2D eigenvalue weighted by atomic mass is 15.2. The highest BCUT2D eigenvalue weighted by molar-refractivity contribution is 5.79. The predicted molar refractivity (Wildman–Crippen MR) is 78.1 cm³/mol. The first kappa shape index (κ1) is 12.6. The third kappa shape index (κ3) is 2.96. The maximum absolute atomic E-state index is 4.31. The number of rotatable bonds is 7. The minimum absolute atomic E-state index is 0.865. The third-order valence-electron chi connectivity index (χ3n) is 3.90. The first-order chi connectivity index (χ1) is 9.38. The maximum Gasteiger partial charge on any atom is 0.137 e. The van der Waals surface area contributed by atoms with Crippen LogP contribution in [0.5, 0.6) is 0 Å². The molecule has 2 N–H and O–H groups in total. The van der Waals surface area contributed by atoms with E-state index in [0.717, 1.165) is 31.3 Å². The molecular weight excluding hydrogens is 236 g/mol. The van der Waals surface area contributed by atoms with Crippen LogP contribution < -0.4 is 5.32 Å². The molecule has 4 nitrogen and oxygen atoms in total. The average molecular weight is 258 g/mol. The van der Waals surface area contributed by atoms with Crippen molar-refractivity contribution in [2.75, 3.05) is 19.6 Å². The maximum atomic E-state index is 4.31. The molecule has 0 radical (unpaired) electrons. The molecule has 0 saturated heterocycles. The molecular formula is C15H22N4. The Balaban J connectivity index is 1.49. The second kappa shape index (κ2) is 5.72. The van der Waals surface area contributed by atoms with Crippen LogP contribution in [0.25, 0.3) is 11.0 Å². The molecule has 3 rings (SSSR count). The van der Waals surface area contributed by atoms with Crippen molar-refractivity contribution in [1.82, 2.24) is 20.2 Å². The minimum atomic E-state index is 0.865. The normalized spacial score (nSPS) is 15.5. The van der Waals surface area contributed by atoms with Crippen LogP contribution >= 0.6 is 0 Å². The number of aromatic nitrogens is 2. The standard InChI is InChI=1S/C15H22N4/c1-2-19(13-5-6-13)9-8-16-10-12-11-18-15-14(12)4-3-7-17-15/h3-4,7,11,13,16H,2,5-6,8-10H2,1H3,(H,17,18). The van der Waals surface area contributed by atoms with Crippen molar-refractivity contribution in [2.24, 2.45) is 0 Å². The summed E-state index contributed by atoms with van der Waals surface area (Å²) in [7, 11) is 0. The van der Waals surface area contributed by atoms with Crippen LogP contribution in [0.2, 0.25) is 0 Å². The van der Waals surface area contributed by atoms with Gasteiger partial charge < -0.3 is 10.3 Å². The van der Waals surface area contributed by atoms with Gasteiger partial charge in [-0.2, -0.15) is 0 Å². The van der Waals surface area contributed by atoms with E-state index in [0.29, 0.717) is 0 Å². The van der Waals surface area contributed by atoms with Gasteiger partial charge in [0.2, 0.25) is 0 Å². The van der Waals surface area contributed by atoms with Gasteiger partial charge in [0.1, 0.15) is 5.65 Å². The summed E-state index contributed by atoms with van der Waals surface area (Å²) in [5.41, 5.74) is 2.28. The SMILES string of the molecule is CCN(CCNCc1c[nH]c2ncccc12)C1CC1. The lowest BCUT2D eigenvalue weighted by molar-refractivity contribution is 0.277. The molecule has 0 spiro atoms. The quantitative estimate of drug-likeness (QED) is 0.748. The minimum Gasteiger partial charge on any atom is -0.346 e. The van der Waals surface area contributed by atoms with E-state index in [1.54, 1.807) is 0 Å². The summed E-state index contributed by atoms with van der Waals surface area (Å²) in [6, 6.07) is 4.98. The molecule has 1 aliphatic carbocycles. The van der Waals surface area contributed by atoms with Gasteiger partial charge in [0.15, 0.2) is 0 Å². The van der Waals surface area contributed by atoms with Crippen molar-refractivity contribution in [1.29, 1.82) is 0 Å². The molecule has 1 saturated carbocycles. The highest BCUT2D eigenvalue weighted by Gasteiger charge is 2.26. The molecule has 0 unspecified atom stereocenters. The van der Waals surface area contributed by atoms with Gasteiger partial charge in [-0.1, -0.05) is 6.92 Å². The Kier molecular flexibility index (Phi) is 3.80. The smallest absolute Gasteiger partial charge is 0.137 e. The van der Waals surface area contributed by atoms with Crippen LogP contribution in [-0.4, -0.2) is 40.5 Å². The molecule has 0 bridgehead atoms. The molecule has 1 fully saturated rings. The van der Waals surface area contributed by atoms with Gasteiger partial charge in [-0.3, -0.25) is 4.90 Å². The van der Waals surface area contributed by atoms with E-state index in [2.05, 4.69) is 39.4 Å². The average Bonchev–Trinajstić information content (AvgIpc) is 3.20. The Labute approximate surface area is 114 Å². The number of H-pyrrole nitrogens is 1. The van der Waals surface area contributed by atoms with E-state index < -0.39 is 0 Å². The zero-order chi connectivity index (χ0) is 13.1. The first-order valence-corrected chi connectivity index (χ1v) is 7.24. The van der Waals surface area contributed by atoms with E-state index in [1.807, 2.05) is 12.3 Å². The second-order valence-electron chi connectivity index (χ2n) is 5.25. The number of nitrogens with one attached hydrogen (secondary N) is 2. The number of hydrogen-bond acceptors (Lipinski definition) is 3. The molecule has 19 heavy (non-hydrogen) atoms. The third-order valence-corrected chi connectivity index (χ3v) is 3.90. The van der Waals surface area contributed by atoms with Crippen molar-refractivity contribution in [3.05, 3.63) is 30.1 Å². The highest BCUT2D eigenvalue weighted by Crippen LogP contribution is 2.25. The van der Waals surface area contributed by atoms with Crippen molar-refractivity contribution in [2.45, 2.75) is 32.4 Å². The van der Waals surface area contributed by atoms with Crippen LogP contribution in [0, 0.1) is 0 Å².